The number of rotatable bonds is 7. The van der Waals surface area contributed by atoms with E-state index < -0.39 is 11.7 Å². The molecule has 2 fully saturated rings. The number of nitrogens with one attached hydrogen (secondary N) is 2. The molecule has 6 rings (SSSR count). The summed E-state index contributed by atoms with van der Waals surface area (Å²) in [6.45, 7) is 3.94. The van der Waals surface area contributed by atoms with Crippen molar-refractivity contribution in [3.8, 4) is 5.75 Å². The fourth-order valence-electron chi connectivity index (χ4n) is 5.71. The van der Waals surface area contributed by atoms with E-state index in [0.29, 0.717) is 10.9 Å². The number of halogens is 4. The third-order valence-corrected chi connectivity index (χ3v) is 10.6. The zero-order valence-electron chi connectivity index (χ0n) is 25.2. The average molecular weight is 671 g/mol. The van der Waals surface area contributed by atoms with Crippen LogP contribution < -0.4 is 15.4 Å². The number of alkyl halides is 3. The Labute approximate surface area is 277 Å². The molecular formula is C36H38ClF3N2OS2. The first kappa shape index (κ1) is 33.7. The van der Waals surface area contributed by atoms with E-state index in [1.54, 1.807) is 25.3 Å². The highest BCUT2D eigenvalue weighted by molar-refractivity contribution is 7.99. The maximum atomic E-state index is 13.1. The third-order valence-electron chi connectivity index (χ3n) is 8.14. The molecule has 0 radical (unpaired) electrons. The lowest BCUT2D eigenvalue weighted by atomic mass is 9.89. The summed E-state index contributed by atoms with van der Waals surface area (Å²) in [4.78, 5) is 4.50. The molecule has 0 aliphatic carbocycles. The van der Waals surface area contributed by atoms with Gasteiger partial charge in [-0.3, -0.25) is 0 Å². The molecule has 0 spiro atoms. The van der Waals surface area contributed by atoms with Gasteiger partial charge in [-0.1, -0.05) is 53.3 Å². The lowest BCUT2D eigenvalue weighted by Gasteiger charge is -2.26. The molecule has 4 aromatic carbocycles. The Balaban J connectivity index is 0.000000179. The van der Waals surface area contributed by atoms with Crippen molar-refractivity contribution in [3.05, 3.63) is 113 Å². The summed E-state index contributed by atoms with van der Waals surface area (Å²) >= 11 is 9.24. The summed E-state index contributed by atoms with van der Waals surface area (Å²) in [5.41, 5.74) is 1.72. The highest BCUT2D eigenvalue weighted by atomic mass is 35.5. The van der Waals surface area contributed by atoms with Gasteiger partial charge in [0.25, 0.3) is 0 Å². The molecule has 238 valence electrons. The van der Waals surface area contributed by atoms with Gasteiger partial charge in [0.15, 0.2) is 0 Å². The van der Waals surface area contributed by atoms with Crippen molar-refractivity contribution in [2.24, 2.45) is 0 Å². The fraction of sp³-hybridized carbons (Fsp3) is 0.333. The van der Waals surface area contributed by atoms with Crippen LogP contribution in [0.5, 0.6) is 5.75 Å². The van der Waals surface area contributed by atoms with Crippen LogP contribution in [0.25, 0.3) is 0 Å². The lowest BCUT2D eigenvalue weighted by Crippen LogP contribution is -2.27. The number of ether oxygens (including phenoxy) is 1. The summed E-state index contributed by atoms with van der Waals surface area (Å²) in [5.74, 6) is 1.75. The van der Waals surface area contributed by atoms with Crippen molar-refractivity contribution in [1.29, 1.82) is 0 Å². The van der Waals surface area contributed by atoms with Gasteiger partial charge in [0, 0.05) is 24.6 Å². The van der Waals surface area contributed by atoms with Crippen LogP contribution in [0.3, 0.4) is 0 Å². The molecular weight excluding hydrogens is 633 g/mol. The van der Waals surface area contributed by atoms with Gasteiger partial charge in [0.1, 0.15) is 5.75 Å². The van der Waals surface area contributed by atoms with E-state index in [-0.39, 0.29) is 5.92 Å². The normalized spacial score (nSPS) is 16.1. The number of benzene rings is 4. The van der Waals surface area contributed by atoms with Crippen molar-refractivity contribution in [1.82, 2.24) is 10.6 Å². The van der Waals surface area contributed by atoms with Crippen LogP contribution in [-0.2, 0) is 6.18 Å². The molecule has 2 aliphatic heterocycles. The average Bonchev–Trinajstić information content (AvgIpc) is 3.07. The van der Waals surface area contributed by atoms with Crippen LogP contribution in [0.15, 0.2) is 111 Å². The third kappa shape index (κ3) is 9.69. The number of piperidine rings is 2. The second kappa shape index (κ2) is 16.3. The first-order valence-electron chi connectivity index (χ1n) is 15.3. The van der Waals surface area contributed by atoms with Crippen LogP contribution in [0.4, 0.5) is 13.2 Å². The monoisotopic (exact) mass is 670 g/mol. The van der Waals surface area contributed by atoms with Crippen LogP contribution >= 0.6 is 35.1 Å². The summed E-state index contributed by atoms with van der Waals surface area (Å²) in [6.07, 6.45) is -0.128. The minimum absolute atomic E-state index is 0.156. The van der Waals surface area contributed by atoms with Gasteiger partial charge in [-0.05, 0) is 148 Å². The smallest absolute Gasteiger partial charge is 0.416 e. The standard InChI is InChI=1S/C18H17ClF3NS.C18H21NOS/c19-14-2-4-15(5-3-14)24-17-6-1-13(18(20,21)22)11-16(17)12-7-9-23-10-8-12;1-20-15-6-8-16(9-7-15)21-18-5-3-2-4-17(18)14-10-12-19-13-11-14/h1-6,11-12,23H,7-10H2;2-9,14,19H,10-13H2,1H3. The molecule has 0 amide bonds. The van der Waals surface area contributed by atoms with Crippen molar-refractivity contribution in [3.63, 3.8) is 0 Å². The SMILES string of the molecule is COc1ccc(Sc2ccccc2C2CCNCC2)cc1.FC(F)(F)c1ccc(Sc2ccc(Cl)cc2)c(C2CCNCC2)c1. The predicted octanol–water partition coefficient (Wildman–Crippen LogP) is 10.3. The first-order valence-corrected chi connectivity index (χ1v) is 17.3. The molecule has 0 bridgehead atoms. The topological polar surface area (TPSA) is 33.3 Å². The highest BCUT2D eigenvalue weighted by Crippen LogP contribution is 2.41. The Bertz CT molecular complexity index is 1500. The highest BCUT2D eigenvalue weighted by Gasteiger charge is 2.32. The second-order valence-corrected chi connectivity index (χ2v) is 13.8. The van der Waals surface area contributed by atoms with Crippen molar-refractivity contribution >= 4 is 35.1 Å². The molecule has 2 heterocycles. The first-order chi connectivity index (χ1) is 21.8. The maximum absolute atomic E-state index is 13.1. The van der Waals surface area contributed by atoms with E-state index in [9.17, 15) is 13.2 Å². The van der Waals surface area contributed by atoms with Gasteiger partial charge in [-0.2, -0.15) is 13.2 Å². The van der Waals surface area contributed by atoms with E-state index in [4.69, 9.17) is 16.3 Å². The number of methoxy groups -OCH3 is 1. The van der Waals surface area contributed by atoms with E-state index >= 15 is 0 Å². The summed E-state index contributed by atoms with van der Waals surface area (Å²) in [6, 6.07) is 28.6. The van der Waals surface area contributed by atoms with Crippen LogP contribution in [0.1, 0.15) is 54.2 Å². The summed E-state index contributed by atoms with van der Waals surface area (Å²) in [7, 11) is 1.70. The Morgan fingerprint density at radius 3 is 1.73 bits per heavy atom. The lowest BCUT2D eigenvalue weighted by molar-refractivity contribution is -0.137. The number of hydrogen-bond acceptors (Lipinski definition) is 5. The van der Waals surface area contributed by atoms with Crippen molar-refractivity contribution in [2.45, 2.75) is 63.3 Å². The van der Waals surface area contributed by atoms with Gasteiger partial charge in [-0.15, -0.1) is 0 Å². The fourth-order valence-corrected chi connectivity index (χ4v) is 7.87. The zero-order valence-corrected chi connectivity index (χ0v) is 27.6. The molecule has 0 unspecified atom stereocenters. The molecule has 3 nitrogen and oxygen atoms in total. The van der Waals surface area contributed by atoms with Crippen molar-refractivity contribution < 1.29 is 17.9 Å². The van der Waals surface area contributed by atoms with E-state index in [2.05, 4.69) is 47.0 Å². The van der Waals surface area contributed by atoms with Gasteiger partial charge in [-0.25, -0.2) is 0 Å². The van der Waals surface area contributed by atoms with Gasteiger partial charge in [0.2, 0.25) is 0 Å². The van der Waals surface area contributed by atoms with Crippen molar-refractivity contribution in [2.75, 3.05) is 33.3 Å². The molecule has 4 aromatic rings. The molecule has 45 heavy (non-hydrogen) atoms. The summed E-state index contributed by atoms with van der Waals surface area (Å²) < 4.78 is 44.5. The zero-order chi connectivity index (χ0) is 31.6. The van der Waals surface area contributed by atoms with Crippen LogP contribution in [-0.4, -0.2) is 33.3 Å². The van der Waals surface area contributed by atoms with Gasteiger partial charge in [0.05, 0.1) is 12.7 Å². The Morgan fingerprint density at radius 2 is 1.18 bits per heavy atom. The Hall–Kier alpha value is -2.62. The predicted molar refractivity (Wildman–Crippen MR) is 180 cm³/mol. The molecule has 2 aliphatic rings. The Kier molecular flexibility index (Phi) is 12.2. The second-order valence-electron chi connectivity index (χ2n) is 11.2. The molecule has 2 saturated heterocycles. The van der Waals surface area contributed by atoms with Gasteiger partial charge < -0.3 is 15.4 Å². The molecule has 2 N–H and O–H groups in total. The van der Waals surface area contributed by atoms with E-state index in [1.165, 1.54) is 52.1 Å². The maximum Gasteiger partial charge on any atom is 0.416 e. The van der Waals surface area contributed by atoms with Crippen LogP contribution in [0.2, 0.25) is 5.02 Å². The number of hydrogen-bond donors (Lipinski definition) is 2. The summed E-state index contributed by atoms with van der Waals surface area (Å²) in [5, 5.41) is 7.35. The van der Waals surface area contributed by atoms with Gasteiger partial charge >= 0.3 is 6.18 Å². The molecule has 0 aromatic heterocycles. The van der Waals surface area contributed by atoms with E-state index in [1.807, 2.05) is 36.0 Å². The molecule has 0 atom stereocenters. The minimum Gasteiger partial charge on any atom is -0.497 e. The molecule has 9 heteroatoms. The van der Waals surface area contributed by atoms with E-state index in [0.717, 1.165) is 60.1 Å². The molecule has 0 saturated carbocycles. The quantitative estimate of drug-likeness (QED) is 0.205. The Morgan fingerprint density at radius 1 is 0.667 bits per heavy atom. The minimum atomic E-state index is -4.31. The van der Waals surface area contributed by atoms with Crippen LogP contribution in [0, 0.1) is 0 Å². The largest absolute Gasteiger partial charge is 0.497 e.